The zero-order valence-electron chi connectivity index (χ0n) is 11.5. The number of esters is 1. The monoisotopic (exact) mass is 357 g/mol. The van der Waals surface area contributed by atoms with Crippen LogP contribution in [0.1, 0.15) is 32.6 Å². The van der Waals surface area contributed by atoms with Crippen LogP contribution in [-0.4, -0.2) is 5.97 Å². The molecule has 0 unspecified atom stereocenters. The third-order valence-corrected chi connectivity index (χ3v) is 4.34. The SMILES string of the molecule is Cc1c(Br)ccc2c1/C(=C/c1ccc(F)c(C#N)c1)OC2=O. The number of nitriles is 1. The molecule has 0 saturated carbocycles. The van der Waals surface area contributed by atoms with E-state index >= 15 is 0 Å². The van der Waals surface area contributed by atoms with Gasteiger partial charge < -0.3 is 4.74 Å². The van der Waals surface area contributed by atoms with Crippen molar-refractivity contribution >= 4 is 33.7 Å². The molecule has 3 nitrogen and oxygen atoms in total. The fourth-order valence-electron chi connectivity index (χ4n) is 2.35. The van der Waals surface area contributed by atoms with Crippen LogP contribution in [-0.2, 0) is 4.74 Å². The van der Waals surface area contributed by atoms with Gasteiger partial charge in [0, 0.05) is 10.0 Å². The fourth-order valence-corrected chi connectivity index (χ4v) is 2.68. The Kier molecular flexibility index (Phi) is 3.55. The topological polar surface area (TPSA) is 50.1 Å². The zero-order chi connectivity index (χ0) is 15.9. The largest absolute Gasteiger partial charge is 0.422 e. The van der Waals surface area contributed by atoms with Crippen LogP contribution in [0.4, 0.5) is 4.39 Å². The molecule has 3 rings (SSSR count). The molecule has 0 spiro atoms. The van der Waals surface area contributed by atoms with E-state index in [4.69, 9.17) is 10.00 Å². The number of benzene rings is 2. The number of fused-ring (bicyclic) bond motifs is 1. The van der Waals surface area contributed by atoms with Crippen molar-refractivity contribution in [3.05, 3.63) is 68.4 Å². The van der Waals surface area contributed by atoms with Crippen LogP contribution in [0.25, 0.3) is 11.8 Å². The Labute approximate surface area is 134 Å². The molecule has 0 aliphatic carbocycles. The van der Waals surface area contributed by atoms with Gasteiger partial charge in [-0.3, -0.25) is 0 Å². The van der Waals surface area contributed by atoms with E-state index in [2.05, 4.69) is 15.9 Å². The van der Waals surface area contributed by atoms with Crippen molar-refractivity contribution in [1.82, 2.24) is 0 Å². The van der Waals surface area contributed by atoms with Gasteiger partial charge in [-0.1, -0.05) is 22.0 Å². The van der Waals surface area contributed by atoms with Crippen molar-refractivity contribution < 1.29 is 13.9 Å². The van der Waals surface area contributed by atoms with Crippen LogP contribution in [0.15, 0.2) is 34.8 Å². The van der Waals surface area contributed by atoms with Crippen molar-refractivity contribution in [2.24, 2.45) is 0 Å². The summed E-state index contributed by atoms with van der Waals surface area (Å²) in [6.45, 7) is 1.88. The lowest BCUT2D eigenvalue weighted by molar-refractivity contribution is 0.0717. The smallest absolute Gasteiger partial charge is 0.344 e. The highest BCUT2D eigenvalue weighted by Crippen LogP contribution is 2.36. The third-order valence-electron chi connectivity index (χ3n) is 3.48. The van der Waals surface area contributed by atoms with E-state index in [9.17, 15) is 9.18 Å². The summed E-state index contributed by atoms with van der Waals surface area (Å²) < 4.78 is 19.5. The summed E-state index contributed by atoms with van der Waals surface area (Å²) in [6, 6.07) is 9.45. The number of carbonyl (C=O) groups excluding carboxylic acids is 1. The standard InChI is InChI=1S/C17H9BrFNO2/c1-9-13(18)4-3-12-16(9)15(22-17(12)21)7-10-2-5-14(19)11(6-10)8-20/h2-7H,1H3/b15-7-. The van der Waals surface area contributed by atoms with E-state index in [1.165, 1.54) is 18.2 Å². The Morgan fingerprint density at radius 3 is 2.82 bits per heavy atom. The summed E-state index contributed by atoms with van der Waals surface area (Å²) in [4.78, 5) is 11.9. The molecule has 0 atom stereocenters. The molecule has 0 aromatic heterocycles. The number of nitrogens with zero attached hydrogens (tertiary/aromatic N) is 1. The average molecular weight is 358 g/mol. The van der Waals surface area contributed by atoms with Crippen LogP contribution in [0.5, 0.6) is 0 Å². The Morgan fingerprint density at radius 2 is 2.09 bits per heavy atom. The summed E-state index contributed by atoms with van der Waals surface area (Å²) in [5.74, 6) is -0.596. The van der Waals surface area contributed by atoms with Crippen molar-refractivity contribution in [3.63, 3.8) is 0 Å². The van der Waals surface area contributed by atoms with Gasteiger partial charge in [0.25, 0.3) is 0 Å². The minimum Gasteiger partial charge on any atom is -0.422 e. The van der Waals surface area contributed by atoms with E-state index in [0.29, 0.717) is 22.4 Å². The molecule has 2 aromatic carbocycles. The van der Waals surface area contributed by atoms with Gasteiger partial charge in [-0.05, 0) is 48.4 Å². The number of rotatable bonds is 1. The van der Waals surface area contributed by atoms with Crippen LogP contribution >= 0.6 is 15.9 Å². The van der Waals surface area contributed by atoms with Gasteiger partial charge in [-0.15, -0.1) is 0 Å². The van der Waals surface area contributed by atoms with Crippen molar-refractivity contribution in [2.75, 3.05) is 0 Å². The molecular formula is C17H9BrFNO2. The molecular weight excluding hydrogens is 349 g/mol. The molecule has 0 N–H and O–H groups in total. The minimum atomic E-state index is -0.576. The maximum atomic E-state index is 13.4. The second-order valence-electron chi connectivity index (χ2n) is 4.84. The van der Waals surface area contributed by atoms with Gasteiger partial charge in [-0.2, -0.15) is 5.26 Å². The van der Waals surface area contributed by atoms with E-state index in [0.717, 1.165) is 10.0 Å². The van der Waals surface area contributed by atoms with E-state index in [-0.39, 0.29) is 5.56 Å². The fraction of sp³-hybridized carbons (Fsp3) is 0.0588. The van der Waals surface area contributed by atoms with Crippen molar-refractivity contribution in [2.45, 2.75) is 6.92 Å². The van der Waals surface area contributed by atoms with Crippen LogP contribution < -0.4 is 0 Å². The third kappa shape index (κ3) is 2.32. The van der Waals surface area contributed by atoms with Crippen LogP contribution in [0, 0.1) is 24.1 Å². The molecule has 22 heavy (non-hydrogen) atoms. The van der Waals surface area contributed by atoms with Crippen molar-refractivity contribution in [3.8, 4) is 6.07 Å². The van der Waals surface area contributed by atoms with Gasteiger partial charge in [-0.25, -0.2) is 9.18 Å². The first-order chi connectivity index (χ1) is 10.5. The van der Waals surface area contributed by atoms with E-state index in [1.54, 1.807) is 24.3 Å². The van der Waals surface area contributed by atoms with Crippen molar-refractivity contribution in [1.29, 1.82) is 5.26 Å². The van der Waals surface area contributed by atoms with Gasteiger partial charge in [0.1, 0.15) is 17.6 Å². The summed E-state index contributed by atoms with van der Waals surface area (Å²) >= 11 is 3.43. The highest BCUT2D eigenvalue weighted by molar-refractivity contribution is 9.10. The lowest BCUT2D eigenvalue weighted by Gasteiger charge is -2.05. The molecule has 0 radical (unpaired) electrons. The Bertz CT molecular complexity index is 881. The molecule has 0 fully saturated rings. The van der Waals surface area contributed by atoms with E-state index in [1.807, 2.05) is 6.92 Å². The number of ether oxygens (including phenoxy) is 1. The lowest BCUT2D eigenvalue weighted by Crippen LogP contribution is -1.93. The van der Waals surface area contributed by atoms with Gasteiger partial charge in [0.2, 0.25) is 0 Å². The normalized spacial score (nSPS) is 14.6. The maximum Gasteiger partial charge on any atom is 0.344 e. The summed E-state index contributed by atoms with van der Waals surface area (Å²) in [5, 5.41) is 8.88. The maximum absolute atomic E-state index is 13.4. The first kappa shape index (κ1) is 14.5. The van der Waals surface area contributed by atoms with Gasteiger partial charge in [0.05, 0.1) is 11.1 Å². The zero-order valence-corrected chi connectivity index (χ0v) is 13.1. The van der Waals surface area contributed by atoms with Crippen LogP contribution in [0.2, 0.25) is 0 Å². The molecule has 0 saturated heterocycles. The van der Waals surface area contributed by atoms with E-state index < -0.39 is 11.8 Å². The molecule has 0 amide bonds. The highest BCUT2D eigenvalue weighted by atomic mass is 79.9. The second-order valence-corrected chi connectivity index (χ2v) is 5.70. The second kappa shape index (κ2) is 5.39. The number of hydrogen-bond acceptors (Lipinski definition) is 3. The molecule has 1 heterocycles. The number of carbonyl (C=O) groups is 1. The summed E-state index contributed by atoms with van der Waals surface area (Å²) in [6.07, 6.45) is 1.63. The molecule has 108 valence electrons. The van der Waals surface area contributed by atoms with Gasteiger partial charge in [0.15, 0.2) is 0 Å². The Balaban J connectivity index is 2.15. The minimum absolute atomic E-state index is 0.0511. The number of cyclic esters (lactones) is 1. The van der Waals surface area contributed by atoms with Crippen LogP contribution in [0.3, 0.4) is 0 Å². The molecule has 0 bridgehead atoms. The first-order valence-electron chi connectivity index (χ1n) is 6.44. The van der Waals surface area contributed by atoms with Gasteiger partial charge >= 0.3 is 5.97 Å². The number of hydrogen-bond donors (Lipinski definition) is 0. The predicted octanol–water partition coefficient (Wildman–Crippen LogP) is 4.44. The molecule has 2 aromatic rings. The lowest BCUT2D eigenvalue weighted by atomic mass is 10.0. The molecule has 1 aliphatic rings. The predicted molar refractivity (Wildman–Crippen MR) is 83.3 cm³/mol. The quantitative estimate of drug-likeness (QED) is 0.709. The first-order valence-corrected chi connectivity index (χ1v) is 7.23. The molecule has 5 heteroatoms. The Hall–Kier alpha value is -2.45. The average Bonchev–Trinajstić information content (AvgIpc) is 2.81. The summed E-state index contributed by atoms with van der Waals surface area (Å²) in [7, 11) is 0. The Morgan fingerprint density at radius 1 is 1.32 bits per heavy atom. The number of halogens is 2. The highest BCUT2D eigenvalue weighted by Gasteiger charge is 2.28. The molecule has 1 aliphatic heterocycles. The summed E-state index contributed by atoms with van der Waals surface area (Å²) in [5.41, 5.74) is 2.63.